The molecule has 0 unspecified atom stereocenters. The van der Waals surface area contributed by atoms with Gasteiger partial charge in [-0.1, -0.05) is 48.5 Å². The standard InChI is InChI=1S/C34H34N8O3S/c35-29-10-9-26(30(40-29)24-7-4-8-25(17-24)31(43)38-20-22-5-2-1-3-6-22)21-36-19-23-12-15-42(16-13-23)33-37-14-11-27(39-33)18-28-32(44)41-34(45)46-28/h1-11,14,17-18,23,36H,12-13,15-16,19-21H2,(H2,35,40)(H,38,43)(H,41,44,45)/b28-18-. The molecule has 46 heavy (non-hydrogen) atoms. The lowest BCUT2D eigenvalue weighted by atomic mass is 9.96. The van der Waals surface area contributed by atoms with E-state index in [0.717, 1.165) is 66.6 Å². The number of nitrogens with one attached hydrogen (secondary N) is 3. The van der Waals surface area contributed by atoms with Gasteiger partial charge in [-0.3, -0.25) is 19.7 Å². The number of pyridine rings is 1. The first kappa shape index (κ1) is 30.9. The van der Waals surface area contributed by atoms with Crippen LogP contribution in [0.3, 0.4) is 0 Å². The first-order valence-electron chi connectivity index (χ1n) is 15.1. The molecule has 12 heteroatoms. The highest BCUT2D eigenvalue weighted by atomic mass is 32.2. The van der Waals surface area contributed by atoms with Gasteiger partial charge in [0.2, 0.25) is 5.95 Å². The molecule has 234 valence electrons. The number of amides is 3. The number of hydrogen-bond donors (Lipinski definition) is 4. The molecular weight excluding hydrogens is 600 g/mol. The molecule has 0 saturated carbocycles. The zero-order chi connectivity index (χ0) is 31.9. The third kappa shape index (κ3) is 7.76. The van der Waals surface area contributed by atoms with E-state index in [9.17, 15) is 14.4 Å². The fourth-order valence-corrected chi connectivity index (χ4v) is 6.15. The number of aromatic nitrogens is 3. The fraction of sp³-hybridized carbons (Fsp3) is 0.235. The summed E-state index contributed by atoms with van der Waals surface area (Å²) in [6.07, 6.45) is 5.24. The highest BCUT2D eigenvalue weighted by Gasteiger charge is 2.26. The van der Waals surface area contributed by atoms with Gasteiger partial charge < -0.3 is 21.3 Å². The van der Waals surface area contributed by atoms with Gasteiger partial charge in [-0.05, 0) is 78.5 Å². The molecule has 0 spiro atoms. The minimum Gasteiger partial charge on any atom is -0.384 e. The van der Waals surface area contributed by atoms with Gasteiger partial charge in [0.15, 0.2) is 0 Å². The van der Waals surface area contributed by atoms with Gasteiger partial charge in [0.05, 0.1) is 16.3 Å². The average molecular weight is 635 g/mol. The Hall–Kier alpha value is -5.07. The summed E-state index contributed by atoms with van der Waals surface area (Å²) in [5.74, 6) is 0.968. The van der Waals surface area contributed by atoms with E-state index < -0.39 is 5.91 Å². The third-order valence-electron chi connectivity index (χ3n) is 7.93. The van der Waals surface area contributed by atoms with E-state index in [2.05, 4.69) is 35.8 Å². The van der Waals surface area contributed by atoms with Crippen LogP contribution in [0.4, 0.5) is 16.6 Å². The summed E-state index contributed by atoms with van der Waals surface area (Å²) >= 11 is 0.873. The highest BCUT2D eigenvalue weighted by Crippen LogP contribution is 2.27. The zero-order valence-electron chi connectivity index (χ0n) is 25.1. The van der Waals surface area contributed by atoms with Crippen LogP contribution in [0.1, 0.15) is 40.0 Å². The second kappa shape index (κ2) is 14.4. The van der Waals surface area contributed by atoms with Crippen molar-refractivity contribution < 1.29 is 14.4 Å². The number of nitrogens with zero attached hydrogens (tertiary/aromatic N) is 4. The summed E-state index contributed by atoms with van der Waals surface area (Å²) in [5.41, 5.74) is 10.9. The zero-order valence-corrected chi connectivity index (χ0v) is 25.9. The van der Waals surface area contributed by atoms with Crippen molar-refractivity contribution in [3.8, 4) is 11.3 Å². The molecule has 2 aliphatic rings. The van der Waals surface area contributed by atoms with Crippen molar-refractivity contribution in [1.82, 2.24) is 30.9 Å². The smallest absolute Gasteiger partial charge is 0.290 e. The number of nitrogen functional groups attached to an aromatic ring is 1. The molecule has 0 aliphatic carbocycles. The molecule has 2 aromatic carbocycles. The van der Waals surface area contributed by atoms with Crippen LogP contribution in [0.5, 0.6) is 0 Å². The Bertz CT molecular complexity index is 1770. The van der Waals surface area contributed by atoms with Gasteiger partial charge in [-0.15, -0.1) is 0 Å². The predicted octanol–water partition coefficient (Wildman–Crippen LogP) is 4.38. The van der Waals surface area contributed by atoms with Gasteiger partial charge in [0.1, 0.15) is 5.82 Å². The molecular formula is C34H34N8O3S. The molecule has 2 aromatic heterocycles. The first-order valence-corrected chi connectivity index (χ1v) is 15.9. The van der Waals surface area contributed by atoms with E-state index in [0.29, 0.717) is 46.9 Å². The molecule has 4 heterocycles. The van der Waals surface area contributed by atoms with Crippen LogP contribution in [0.25, 0.3) is 17.3 Å². The summed E-state index contributed by atoms with van der Waals surface area (Å²) in [6, 6.07) is 22.8. The van der Waals surface area contributed by atoms with Crippen molar-refractivity contribution in [2.24, 2.45) is 5.92 Å². The van der Waals surface area contributed by atoms with Crippen molar-refractivity contribution in [3.05, 3.63) is 106 Å². The lowest BCUT2D eigenvalue weighted by molar-refractivity contribution is -0.115. The molecule has 11 nitrogen and oxygen atoms in total. The maximum Gasteiger partial charge on any atom is 0.290 e. The molecule has 2 fully saturated rings. The Morgan fingerprint density at radius 2 is 1.83 bits per heavy atom. The Balaban J connectivity index is 1.03. The number of anilines is 2. The molecule has 2 saturated heterocycles. The second-order valence-electron chi connectivity index (χ2n) is 11.2. The van der Waals surface area contributed by atoms with E-state index in [1.165, 1.54) is 0 Å². The van der Waals surface area contributed by atoms with Gasteiger partial charge in [0.25, 0.3) is 17.1 Å². The average Bonchev–Trinajstić information content (AvgIpc) is 3.40. The number of benzene rings is 2. The number of rotatable bonds is 10. The second-order valence-corrected chi connectivity index (χ2v) is 12.2. The fourth-order valence-electron chi connectivity index (χ4n) is 5.48. The molecule has 4 aromatic rings. The number of nitrogens with two attached hydrogens (primary N) is 1. The third-order valence-corrected chi connectivity index (χ3v) is 8.74. The maximum absolute atomic E-state index is 12.9. The first-order chi connectivity index (χ1) is 22.4. The monoisotopic (exact) mass is 634 g/mol. The summed E-state index contributed by atoms with van der Waals surface area (Å²) in [5, 5.41) is 8.47. The Labute approximate surface area is 271 Å². The molecule has 2 aliphatic heterocycles. The predicted molar refractivity (Wildman–Crippen MR) is 179 cm³/mol. The molecule has 5 N–H and O–H groups in total. The van der Waals surface area contributed by atoms with E-state index in [1.807, 2.05) is 54.6 Å². The van der Waals surface area contributed by atoms with Crippen LogP contribution in [0, 0.1) is 5.92 Å². The van der Waals surface area contributed by atoms with Crippen LogP contribution in [-0.4, -0.2) is 51.6 Å². The number of carbonyl (C=O) groups is 3. The van der Waals surface area contributed by atoms with E-state index in [1.54, 1.807) is 30.5 Å². The molecule has 3 amide bonds. The minimum atomic E-state index is -0.402. The van der Waals surface area contributed by atoms with Crippen LogP contribution in [0.15, 0.2) is 83.9 Å². The number of carbonyl (C=O) groups excluding carboxylic acids is 3. The molecule has 0 bridgehead atoms. The summed E-state index contributed by atoms with van der Waals surface area (Å²) < 4.78 is 0. The summed E-state index contributed by atoms with van der Waals surface area (Å²) in [4.78, 5) is 52.4. The van der Waals surface area contributed by atoms with Crippen LogP contribution >= 0.6 is 11.8 Å². The van der Waals surface area contributed by atoms with Crippen molar-refractivity contribution in [2.75, 3.05) is 30.3 Å². The number of thioether (sulfide) groups is 1. The van der Waals surface area contributed by atoms with E-state index >= 15 is 0 Å². The molecule has 0 radical (unpaired) electrons. The Morgan fingerprint density at radius 1 is 1.00 bits per heavy atom. The van der Waals surface area contributed by atoms with Crippen LogP contribution in [-0.2, 0) is 17.9 Å². The number of hydrogen-bond acceptors (Lipinski definition) is 10. The highest BCUT2D eigenvalue weighted by molar-refractivity contribution is 8.18. The van der Waals surface area contributed by atoms with Gasteiger partial charge in [0, 0.05) is 43.5 Å². The van der Waals surface area contributed by atoms with Crippen LogP contribution < -0.4 is 26.6 Å². The quantitative estimate of drug-likeness (QED) is 0.185. The van der Waals surface area contributed by atoms with E-state index in [-0.39, 0.29) is 11.1 Å². The normalized spacial score (nSPS) is 16.1. The van der Waals surface area contributed by atoms with Crippen LogP contribution in [0.2, 0.25) is 0 Å². The van der Waals surface area contributed by atoms with Crippen molar-refractivity contribution in [1.29, 1.82) is 0 Å². The van der Waals surface area contributed by atoms with Gasteiger partial charge in [-0.25, -0.2) is 15.0 Å². The SMILES string of the molecule is Nc1ccc(CNCC2CCN(c3nccc(/C=C4\SC(=O)NC4=O)n3)CC2)c(-c2cccc(C(=O)NCc3ccccc3)c2)n1. The van der Waals surface area contributed by atoms with Crippen molar-refractivity contribution >= 4 is 46.7 Å². The Kier molecular flexibility index (Phi) is 9.65. The lowest BCUT2D eigenvalue weighted by Gasteiger charge is -2.32. The molecule has 0 atom stereocenters. The topological polar surface area (TPSA) is 155 Å². The number of piperidine rings is 1. The Morgan fingerprint density at radius 3 is 2.61 bits per heavy atom. The minimum absolute atomic E-state index is 0.147. The van der Waals surface area contributed by atoms with E-state index in [4.69, 9.17) is 5.73 Å². The largest absolute Gasteiger partial charge is 0.384 e. The maximum atomic E-state index is 12.9. The molecule has 6 rings (SSSR count). The summed E-state index contributed by atoms with van der Waals surface area (Å²) in [7, 11) is 0. The number of imide groups is 1. The van der Waals surface area contributed by atoms with Crippen molar-refractivity contribution in [2.45, 2.75) is 25.9 Å². The lowest BCUT2D eigenvalue weighted by Crippen LogP contribution is -2.38. The van der Waals surface area contributed by atoms with Crippen molar-refractivity contribution in [3.63, 3.8) is 0 Å². The summed E-state index contributed by atoms with van der Waals surface area (Å²) in [6.45, 7) is 3.53. The van der Waals surface area contributed by atoms with Gasteiger partial charge >= 0.3 is 0 Å². The van der Waals surface area contributed by atoms with Gasteiger partial charge in [-0.2, -0.15) is 0 Å².